The Balaban J connectivity index is 1.42. The summed E-state index contributed by atoms with van der Waals surface area (Å²) in [7, 11) is 0. The molecule has 41 heavy (non-hydrogen) atoms. The second-order valence-electron chi connectivity index (χ2n) is 9.85. The summed E-state index contributed by atoms with van der Waals surface area (Å²) in [5.74, 6) is -6.18. The molecule has 0 spiro atoms. The van der Waals surface area contributed by atoms with E-state index in [1.807, 2.05) is 30.4 Å². The lowest BCUT2D eigenvalue weighted by Gasteiger charge is -2.33. The fourth-order valence-electron chi connectivity index (χ4n) is 4.63. The highest BCUT2D eigenvalue weighted by Gasteiger charge is 2.44. The van der Waals surface area contributed by atoms with Crippen molar-refractivity contribution >= 4 is 17.9 Å². The van der Waals surface area contributed by atoms with E-state index in [-0.39, 0.29) is 17.1 Å². The Hall–Kier alpha value is -5.11. The topological polar surface area (TPSA) is 108 Å². The number of aliphatic hydroxyl groups is 1. The van der Waals surface area contributed by atoms with Gasteiger partial charge in [0.1, 0.15) is 11.1 Å². The van der Waals surface area contributed by atoms with Crippen LogP contribution in [0, 0.1) is 5.92 Å². The number of esters is 3. The molecule has 8 heteroatoms. The monoisotopic (exact) mass is 552 g/mol. The zero-order valence-corrected chi connectivity index (χ0v) is 22.5. The van der Waals surface area contributed by atoms with Gasteiger partial charge in [-0.25, -0.2) is 14.4 Å². The smallest absolute Gasteiger partial charge is 0.349 e. The van der Waals surface area contributed by atoms with Crippen LogP contribution in [0.4, 0.5) is 0 Å². The lowest BCUT2D eigenvalue weighted by Crippen LogP contribution is -2.42. The number of hydrogen-bond acceptors (Lipinski definition) is 8. The van der Waals surface area contributed by atoms with Crippen LogP contribution in [0.1, 0.15) is 31.4 Å². The Morgan fingerprint density at radius 1 is 0.805 bits per heavy atom. The quantitative estimate of drug-likeness (QED) is 0.210. The molecule has 0 saturated carbocycles. The van der Waals surface area contributed by atoms with Crippen molar-refractivity contribution in [2.75, 3.05) is 0 Å². The van der Waals surface area contributed by atoms with Gasteiger partial charge < -0.3 is 24.1 Å². The van der Waals surface area contributed by atoms with Crippen LogP contribution >= 0.6 is 0 Å². The van der Waals surface area contributed by atoms with Crippen LogP contribution in [-0.4, -0.2) is 23.0 Å². The first-order chi connectivity index (χ1) is 19.7. The van der Waals surface area contributed by atoms with Crippen molar-refractivity contribution in [2.45, 2.75) is 31.8 Å². The van der Waals surface area contributed by atoms with Gasteiger partial charge in [-0.15, -0.1) is 0 Å². The molecule has 2 aliphatic heterocycles. The molecule has 0 amide bonds. The number of benzene rings is 2. The van der Waals surface area contributed by atoms with Crippen molar-refractivity contribution in [1.29, 1.82) is 0 Å². The van der Waals surface area contributed by atoms with Gasteiger partial charge in [0.15, 0.2) is 0 Å². The van der Waals surface area contributed by atoms with Crippen molar-refractivity contribution in [3.8, 4) is 0 Å². The molecule has 2 aromatic carbocycles. The maximum absolute atomic E-state index is 12.9. The van der Waals surface area contributed by atoms with Crippen molar-refractivity contribution in [3.05, 3.63) is 143 Å². The minimum atomic E-state index is -1.55. The van der Waals surface area contributed by atoms with Gasteiger partial charge >= 0.3 is 17.9 Å². The van der Waals surface area contributed by atoms with E-state index in [2.05, 4.69) is 0 Å². The van der Waals surface area contributed by atoms with Gasteiger partial charge in [0.25, 0.3) is 17.5 Å². The van der Waals surface area contributed by atoms with Crippen LogP contribution in [0.15, 0.2) is 132 Å². The van der Waals surface area contributed by atoms with E-state index in [0.717, 1.165) is 0 Å². The Kier molecular flexibility index (Phi) is 7.48. The summed E-state index contributed by atoms with van der Waals surface area (Å²) in [6, 6.07) is 17.5. The van der Waals surface area contributed by atoms with Gasteiger partial charge in [-0.2, -0.15) is 0 Å². The Morgan fingerprint density at radius 2 is 1.37 bits per heavy atom. The summed E-state index contributed by atoms with van der Waals surface area (Å²) in [4.78, 5) is 38.6. The predicted octanol–water partition coefficient (Wildman–Crippen LogP) is 5.72. The minimum Gasteiger partial charge on any atom is -0.480 e. The maximum atomic E-state index is 12.9. The molecule has 1 aliphatic carbocycles. The van der Waals surface area contributed by atoms with Gasteiger partial charge in [0.05, 0.1) is 0 Å². The zero-order chi connectivity index (χ0) is 29.0. The minimum absolute atomic E-state index is 0.142. The Bertz CT molecular complexity index is 1520. The molecule has 3 aliphatic rings. The molecule has 0 bridgehead atoms. The summed E-state index contributed by atoms with van der Waals surface area (Å²) in [5, 5.41) is 10.6. The van der Waals surface area contributed by atoms with E-state index in [9.17, 15) is 19.5 Å². The van der Waals surface area contributed by atoms with Gasteiger partial charge in [-0.1, -0.05) is 97.1 Å². The third-order valence-electron chi connectivity index (χ3n) is 6.93. The standard InChI is InChI=1S/C33H28O8/c1-32(24-14-8-4-9-15-24)38-28(34)26(29(35)39-32)20-18-23(22-12-6-3-7-13-22)19-21-27-30(36)40-33(2,41-31(27)37)25-16-10-5-11-17-25/h3-12,14-22,34H,13H2,1-2H3/b20-18+,23-19-,27-21?. The molecular formula is C33H28O8. The van der Waals surface area contributed by atoms with E-state index >= 15 is 0 Å². The number of carbonyl (C=O) groups is 3. The number of aliphatic hydroxyl groups excluding tert-OH is 1. The summed E-state index contributed by atoms with van der Waals surface area (Å²) in [5.41, 5.74) is 1.27. The van der Waals surface area contributed by atoms with Gasteiger partial charge in [0, 0.05) is 30.9 Å². The molecule has 2 heterocycles. The van der Waals surface area contributed by atoms with Gasteiger partial charge in [-0.05, 0) is 24.1 Å². The first-order valence-corrected chi connectivity index (χ1v) is 13.1. The number of ether oxygens (including phenoxy) is 4. The second kappa shape index (κ2) is 11.2. The third-order valence-corrected chi connectivity index (χ3v) is 6.93. The molecule has 1 fully saturated rings. The van der Waals surface area contributed by atoms with Crippen molar-refractivity contribution < 1.29 is 38.4 Å². The number of rotatable bonds is 6. The molecule has 0 aromatic heterocycles. The summed E-state index contributed by atoms with van der Waals surface area (Å²) < 4.78 is 22.2. The second-order valence-corrected chi connectivity index (χ2v) is 9.85. The molecule has 8 nitrogen and oxygen atoms in total. The fraction of sp³-hybridized carbons (Fsp3) is 0.182. The summed E-state index contributed by atoms with van der Waals surface area (Å²) in [6.45, 7) is 3.05. The number of cyclic esters (lactones) is 3. The first-order valence-electron chi connectivity index (χ1n) is 13.1. The molecule has 1 saturated heterocycles. The first kappa shape index (κ1) is 27.5. The zero-order valence-electron chi connectivity index (χ0n) is 22.5. The van der Waals surface area contributed by atoms with E-state index in [1.54, 1.807) is 73.7 Å². The third kappa shape index (κ3) is 5.77. The Labute approximate surface area is 237 Å². The van der Waals surface area contributed by atoms with Gasteiger partial charge in [-0.3, -0.25) is 0 Å². The molecule has 2 unspecified atom stereocenters. The lowest BCUT2D eigenvalue weighted by molar-refractivity contribution is -0.236. The highest BCUT2D eigenvalue weighted by atomic mass is 16.8. The average Bonchev–Trinajstić information content (AvgIpc) is 2.96. The van der Waals surface area contributed by atoms with Gasteiger partial charge in [0.2, 0.25) is 0 Å². The fourth-order valence-corrected chi connectivity index (χ4v) is 4.63. The maximum Gasteiger partial charge on any atom is 0.349 e. The van der Waals surface area contributed by atoms with Crippen LogP contribution in [-0.2, 0) is 44.9 Å². The Morgan fingerprint density at radius 3 is 1.90 bits per heavy atom. The highest BCUT2D eigenvalue weighted by Crippen LogP contribution is 2.36. The van der Waals surface area contributed by atoms with Crippen LogP contribution in [0.5, 0.6) is 0 Å². The SMILES string of the molecule is CC1(c2ccccc2)OC(=O)C(=C/C=C(/C=C/C2=C(O)OC(C)(c3ccccc3)OC2=O)C2C=CC=CC2)C(=O)O1. The molecule has 0 radical (unpaired) electrons. The largest absolute Gasteiger partial charge is 0.480 e. The molecule has 2 atom stereocenters. The van der Waals surface area contributed by atoms with Crippen LogP contribution < -0.4 is 0 Å². The molecular weight excluding hydrogens is 524 g/mol. The van der Waals surface area contributed by atoms with Crippen molar-refractivity contribution in [2.24, 2.45) is 5.92 Å². The van der Waals surface area contributed by atoms with Crippen molar-refractivity contribution in [3.63, 3.8) is 0 Å². The van der Waals surface area contributed by atoms with Crippen LogP contribution in [0.3, 0.4) is 0 Å². The molecule has 5 rings (SSSR count). The van der Waals surface area contributed by atoms with E-state index < -0.39 is 35.4 Å². The summed E-state index contributed by atoms with van der Waals surface area (Å²) >= 11 is 0. The van der Waals surface area contributed by atoms with Crippen molar-refractivity contribution in [1.82, 2.24) is 0 Å². The average molecular weight is 553 g/mol. The lowest BCUT2D eigenvalue weighted by atomic mass is 9.91. The van der Waals surface area contributed by atoms with E-state index in [4.69, 9.17) is 18.9 Å². The van der Waals surface area contributed by atoms with E-state index in [1.165, 1.54) is 19.1 Å². The number of carbonyl (C=O) groups excluding carboxylic acids is 3. The van der Waals surface area contributed by atoms with E-state index in [0.29, 0.717) is 23.1 Å². The molecule has 1 N–H and O–H groups in total. The number of allylic oxidation sites excluding steroid dienone is 8. The predicted molar refractivity (Wildman–Crippen MR) is 148 cm³/mol. The normalized spacial score (nSPS) is 26.4. The molecule has 2 aromatic rings. The van der Waals surface area contributed by atoms with Crippen LogP contribution in [0.25, 0.3) is 0 Å². The van der Waals surface area contributed by atoms with Crippen LogP contribution in [0.2, 0.25) is 0 Å². The molecule has 208 valence electrons. The highest BCUT2D eigenvalue weighted by molar-refractivity contribution is 6.15. The summed E-state index contributed by atoms with van der Waals surface area (Å²) in [6.07, 6.45) is 14.2. The number of hydrogen-bond donors (Lipinski definition) is 1.